The van der Waals surface area contributed by atoms with Crippen molar-refractivity contribution in [1.29, 1.82) is 0 Å². The first-order chi connectivity index (χ1) is 15.5. The van der Waals surface area contributed by atoms with Gasteiger partial charge in [0.05, 0.1) is 32.5 Å². The van der Waals surface area contributed by atoms with Crippen LogP contribution in [-0.2, 0) is 32.2 Å². The van der Waals surface area contributed by atoms with Crippen molar-refractivity contribution in [3.8, 4) is 11.5 Å². The van der Waals surface area contributed by atoms with Gasteiger partial charge in [-0.15, -0.1) is 0 Å². The minimum absolute atomic E-state index is 0.192. The van der Waals surface area contributed by atoms with E-state index in [-0.39, 0.29) is 31.4 Å². The summed E-state index contributed by atoms with van der Waals surface area (Å²) < 4.78 is 16.1. The van der Waals surface area contributed by atoms with Crippen LogP contribution in [0.15, 0.2) is 36.5 Å². The summed E-state index contributed by atoms with van der Waals surface area (Å²) in [7, 11) is 3.05. The number of carbonyl (C=O) groups excluding carboxylic acids is 2. The first-order valence-corrected chi connectivity index (χ1v) is 9.59. The average molecular weight is 446 g/mol. The van der Waals surface area contributed by atoms with E-state index in [9.17, 15) is 9.59 Å². The Bertz CT molecular complexity index is 938. The normalized spacial score (nSPS) is 17.3. The molecule has 1 aromatic carbocycles. The topological polar surface area (TPSA) is 162 Å². The number of methoxy groups -OCH3 is 2. The second-order valence-corrected chi connectivity index (χ2v) is 6.57. The maximum absolute atomic E-state index is 12.8. The highest BCUT2D eigenvalue weighted by Crippen LogP contribution is 2.32. The van der Waals surface area contributed by atoms with Crippen molar-refractivity contribution in [1.82, 2.24) is 15.6 Å². The molecule has 0 aliphatic carbocycles. The molecule has 11 nitrogen and oxygen atoms in total. The maximum atomic E-state index is 12.8. The van der Waals surface area contributed by atoms with E-state index >= 15 is 0 Å². The van der Waals surface area contributed by atoms with Gasteiger partial charge < -0.3 is 35.7 Å². The first kappa shape index (κ1) is 24.6. The Hall–Kier alpha value is -3.70. The molecule has 11 heteroatoms. The molecule has 0 bridgehead atoms. The third-order valence-electron chi connectivity index (χ3n) is 4.60. The molecule has 172 valence electrons. The molecule has 1 aliphatic rings. The summed E-state index contributed by atoms with van der Waals surface area (Å²) >= 11 is 0. The van der Waals surface area contributed by atoms with Crippen LogP contribution in [0.2, 0.25) is 0 Å². The lowest BCUT2D eigenvalue weighted by molar-refractivity contribution is -0.148. The molecule has 0 saturated carbocycles. The Kier molecular flexibility index (Phi) is 9.39. The molecule has 3 rings (SSSR count). The molecule has 1 aliphatic heterocycles. The molecule has 5 N–H and O–H groups in total. The fourth-order valence-corrected chi connectivity index (χ4v) is 3.11. The van der Waals surface area contributed by atoms with Gasteiger partial charge >= 0.3 is 0 Å². The number of morpholine rings is 1. The SMILES string of the molecule is COc1ccc([C@H]2NC(=O)CO[C@@H]2C(=O)NCc2cc(CN)ccn2)cc1OC.O=CO. The number of aromatic nitrogens is 1. The highest BCUT2D eigenvalue weighted by atomic mass is 16.5. The Labute approximate surface area is 184 Å². The van der Waals surface area contributed by atoms with Crippen LogP contribution in [-0.4, -0.2) is 55.3 Å². The second-order valence-electron chi connectivity index (χ2n) is 6.57. The minimum Gasteiger partial charge on any atom is -0.493 e. The smallest absolute Gasteiger partial charge is 0.290 e. The molecular formula is C21H26N4O7. The zero-order chi connectivity index (χ0) is 23.5. The number of amides is 2. The number of benzene rings is 1. The molecule has 2 amide bonds. The van der Waals surface area contributed by atoms with Gasteiger partial charge in [0.1, 0.15) is 6.61 Å². The lowest BCUT2D eigenvalue weighted by atomic mass is 9.98. The third-order valence-corrected chi connectivity index (χ3v) is 4.60. The molecule has 1 fully saturated rings. The van der Waals surface area contributed by atoms with E-state index in [1.807, 2.05) is 12.1 Å². The standard InChI is InChI=1S/C20H24N4O5.CH2O2/c1-27-15-4-3-13(8-16(15)28-2)18-19(29-11-17(25)24-18)20(26)23-10-14-7-12(9-21)5-6-22-14;2-1-3/h3-8,18-19H,9-11,21H2,1-2H3,(H,23,26)(H,24,25);1H,(H,2,3)/t18-,19+;/m1./s1. The molecule has 0 unspecified atom stereocenters. The molecule has 0 radical (unpaired) electrons. The molecule has 1 saturated heterocycles. The van der Waals surface area contributed by atoms with E-state index in [2.05, 4.69) is 15.6 Å². The van der Waals surface area contributed by atoms with E-state index in [1.165, 1.54) is 14.2 Å². The van der Waals surface area contributed by atoms with Crippen LogP contribution in [0.25, 0.3) is 0 Å². The van der Waals surface area contributed by atoms with Gasteiger partial charge in [-0.25, -0.2) is 0 Å². The highest BCUT2D eigenvalue weighted by molar-refractivity contribution is 5.86. The van der Waals surface area contributed by atoms with Crippen molar-refractivity contribution in [2.45, 2.75) is 25.2 Å². The summed E-state index contributed by atoms with van der Waals surface area (Å²) in [6.45, 7) is 0.171. The van der Waals surface area contributed by atoms with Gasteiger partial charge in [-0.1, -0.05) is 6.07 Å². The predicted molar refractivity (Wildman–Crippen MR) is 113 cm³/mol. The van der Waals surface area contributed by atoms with Gasteiger partial charge in [-0.05, 0) is 35.4 Å². The van der Waals surface area contributed by atoms with E-state index in [4.69, 9.17) is 29.8 Å². The third kappa shape index (κ3) is 6.40. The molecule has 1 aromatic heterocycles. The van der Waals surface area contributed by atoms with Crippen molar-refractivity contribution in [3.63, 3.8) is 0 Å². The quantitative estimate of drug-likeness (QED) is 0.433. The lowest BCUT2D eigenvalue weighted by Gasteiger charge is -2.32. The van der Waals surface area contributed by atoms with Gasteiger partial charge in [0, 0.05) is 12.7 Å². The number of nitrogens with one attached hydrogen (secondary N) is 2. The zero-order valence-electron chi connectivity index (χ0n) is 17.7. The van der Waals surface area contributed by atoms with Crippen molar-refractivity contribution in [2.75, 3.05) is 20.8 Å². The summed E-state index contributed by atoms with van der Waals surface area (Å²) in [5.74, 6) is 0.383. The largest absolute Gasteiger partial charge is 0.493 e. The molecule has 2 heterocycles. The van der Waals surface area contributed by atoms with Gasteiger partial charge in [-0.2, -0.15) is 0 Å². The number of nitrogens with two attached hydrogens (primary N) is 1. The van der Waals surface area contributed by atoms with Gasteiger partial charge in [0.25, 0.3) is 12.4 Å². The highest BCUT2D eigenvalue weighted by Gasteiger charge is 2.36. The minimum atomic E-state index is -0.900. The molecule has 0 spiro atoms. The van der Waals surface area contributed by atoms with Gasteiger partial charge in [0.15, 0.2) is 17.6 Å². The van der Waals surface area contributed by atoms with Crippen LogP contribution in [0.4, 0.5) is 0 Å². The first-order valence-electron chi connectivity index (χ1n) is 9.59. The van der Waals surface area contributed by atoms with Crippen molar-refractivity contribution in [3.05, 3.63) is 53.3 Å². The van der Waals surface area contributed by atoms with Crippen molar-refractivity contribution >= 4 is 18.3 Å². The Morgan fingerprint density at radius 2 is 2.03 bits per heavy atom. The summed E-state index contributed by atoms with van der Waals surface area (Å²) in [4.78, 5) is 37.3. The van der Waals surface area contributed by atoms with Crippen molar-refractivity contribution in [2.24, 2.45) is 5.73 Å². The number of rotatable bonds is 7. The molecule has 32 heavy (non-hydrogen) atoms. The fraction of sp³-hybridized carbons (Fsp3) is 0.333. The molecule has 2 aromatic rings. The Morgan fingerprint density at radius 1 is 1.31 bits per heavy atom. The number of hydrogen-bond acceptors (Lipinski definition) is 8. The summed E-state index contributed by atoms with van der Waals surface area (Å²) in [6, 6.07) is 8.16. The van der Waals surface area contributed by atoms with Crippen LogP contribution in [0.3, 0.4) is 0 Å². The van der Waals surface area contributed by atoms with E-state index in [1.54, 1.807) is 24.4 Å². The summed E-state index contributed by atoms with van der Waals surface area (Å²) in [5.41, 5.74) is 7.91. The monoisotopic (exact) mass is 446 g/mol. The van der Waals surface area contributed by atoms with E-state index in [0.29, 0.717) is 29.3 Å². The summed E-state index contributed by atoms with van der Waals surface area (Å²) in [5, 5.41) is 12.5. The van der Waals surface area contributed by atoms with Crippen LogP contribution in [0, 0.1) is 0 Å². The van der Waals surface area contributed by atoms with E-state index in [0.717, 1.165) is 5.56 Å². The number of carbonyl (C=O) groups is 3. The number of hydrogen-bond donors (Lipinski definition) is 4. The van der Waals surface area contributed by atoms with Crippen LogP contribution >= 0.6 is 0 Å². The number of nitrogens with zero attached hydrogens (tertiary/aromatic N) is 1. The molecule has 2 atom stereocenters. The van der Waals surface area contributed by atoms with Gasteiger partial charge in [0.2, 0.25) is 5.91 Å². The Morgan fingerprint density at radius 3 is 2.69 bits per heavy atom. The van der Waals surface area contributed by atoms with Gasteiger partial charge in [-0.3, -0.25) is 19.4 Å². The van der Waals surface area contributed by atoms with Crippen LogP contribution in [0.1, 0.15) is 22.9 Å². The fourth-order valence-electron chi connectivity index (χ4n) is 3.11. The number of carboxylic acid groups (broad SMARTS) is 1. The maximum Gasteiger partial charge on any atom is 0.290 e. The summed E-state index contributed by atoms with van der Waals surface area (Å²) in [6.07, 6.45) is 0.747. The predicted octanol–water partition coefficient (Wildman–Crippen LogP) is 0.131. The number of pyridine rings is 1. The van der Waals surface area contributed by atoms with E-state index < -0.39 is 12.1 Å². The van der Waals surface area contributed by atoms with Crippen LogP contribution in [0.5, 0.6) is 11.5 Å². The second kappa shape index (κ2) is 12.2. The lowest BCUT2D eigenvalue weighted by Crippen LogP contribution is -2.52. The Balaban J connectivity index is 0.00000114. The van der Waals surface area contributed by atoms with Crippen molar-refractivity contribution < 1.29 is 33.7 Å². The average Bonchev–Trinajstić information content (AvgIpc) is 2.82. The molecular weight excluding hydrogens is 420 g/mol. The zero-order valence-corrected chi connectivity index (χ0v) is 17.7. The number of ether oxygens (including phenoxy) is 3. The van der Waals surface area contributed by atoms with Crippen LogP contribution < -0.4 is 25.8 Å².